The summed E-state index contributed by atoms with van der Waals surface area (Å²) in [4.78, 5) is 3.13. The fourth-order valence-electron chi connectivity index (χ4n) is 0.686. The number of nitriles is 1. The van der Waals surface area contributed by atoms with Gasteiger partial charge in [-0.05, 0) is 12.1 Å². The molecule has 0 aliphatic carbocycles. The van der Waals surface area contributed by atoms with Gasteiger partial charge in [-0.2, -0.15) is 5.26 Å². The molecule has 0 aliphatic heterocycles. The van der Waals surface area contributed by atoms with E-state index in [0.29, 0.717) is 11.3 Å². The standard InChI is InChI=1S/C7H4Cl2N2/c8-7(9)6-5(4-10)2-1-3-11-6/h1-3,7H. The summed E-state index contributed by atoms with van der Waals surface area (Å²) < 4.78 is 0. The largest absolute Gasteiger partial charge is 0.257 e. The van der Waals surface area contributed by atoms with Crippen molar-refractivity contribution in [1.82, 2.24) is 4.98 Å². The molecule has 2 nitrogen and oxygen atoms in total. The molecule has 0 amide bonds. The van der Waals surface area contributed by atoms with Crippen LogP contribution in [0.3, 0.4) is 0 Å². The second-order valence-corrected chi connectivity index (χ2v) is 2.94. The summed E-state index contributed by atoms with van der Waals surface area (Å²) in [6.45, 7) is 0. The Labute approximate surface area is 74.4 Å². The molecule has 0 fully saturated rings. The molecule has 0 N–H and O–H groups in total. The molecule has 0 atom stereocenters. The molecule has 0 saturated heterocycles. The molecule has 0 spiro atoms. The smallest absolute Gasteiger partial charge is 0.150 e. The van der Waals surface area contributed by atoms with E-state index < -0.39 is 4.84 Å². The van der Waals surface area contributed by atoms with Crippen LogP contribution < -0.4 is 0 Å². The van der Waals surface area contributed by atoms with Gasteiger partial charge in [-0.15, -0.1) is 0 Å². The lowest BCUT2D eigenvalue weighted by Gasteiger charge is -2.00. The van der Waals surface area contributed by atoms with Crippen LogP contribution in [0.4, 0.5) is 0 Å². The normalized spacial score (nSPS) is 9.64. The molecule has 1 aromatic heterocycles. The maximum absolute atomic E-state index is 8.56. The van der Waals surface area contributed by atoms with Crippen LogP contribution in [0.5, 0.6) is 0 Å². The minimum Gasteiger partial charge on any atom is -0.257 e. The summed E-state index contributed by atoms with van der Waals surface area (Å²) in [5, 5.41) is 8.56. The second-order valence-electron chi connectivity index (χ2n) is 1.85. The van der Waals surface area contributed by atoms with Gasteiger partial charge < -0.3 is 0 Å². The molecule has 11 heavy (non-hydrogen) atoms. The first-order valence-electron chi connectivity index (χ1n) is 2.89. The lowest BCUT2D eigenvalue weighted by Crippen LogP contribution is -1.91. The van der Waals surface area contributed by atoms with Crippen LogP contribution >= 0.6 is 23.2 Å². The molecule has 4 heteroatoms. The molecule has 56 valence electrons. The van der Waals surface area contributed by atoms with Gasteiger partial charge in [0, 0.05) is 6.20 Å². The van der Waals surface area contributed by atoms with Crippen LogP contribution in [0.2, 0.25) is 0 Å². The molecule has 1 aromatic rings. The Morgan fingerprint density at radius 2 is 2.27 bits per heavy atom. The monoisotopic (exact) mass is 186 g/mol. The summed E-state index contributed by atoms with van der Waals surface area (Å²) in [7, 11) is 0. The number of halogens is 2. The van der Waals surface area contributed by atoms with E-state index in [0.717, 1.165) is 0 Å². The predicted molar refractivity (Wildman–Crippen MR) is 43.4 cm³/mol. The molecule has 0 unspecified atom stereocenters. The van der Waals surface area contributed by atoms with Gasteiger partial charge in [0.05, 0.1) is 11.3 Å². The van der Waals surface area contributed by atoms with E-state index in [4.69, 9.17) is 28.5 Å². The van der Waals surface area contributed by atoms with Crippen LogP contribution in [-0.2, 0) is 0 Å². The minimum absolute atomic E-state index is 0.415. The molecule has 0 saturated carbocycles. The van der Waals surface area contributed by atoms with Crippen LogP contribution in [0.1, 0.15) is 16.1 Å². The van der Waals surface area contributed by atoms with E-state index >= 15 is 0 Å². The van der Waals surface area contributed by atoms with Gasteiger partial charge in [-0.3, -0.25) is 4.98 Å². The summed E-state index contributed by atoms with van der Waals surface area (Å²) >= 11 is 11.1. The lowest BCUT2D eigenvalue weighted by molar-refractivity contribution is 1.13. The predicted octanol–water partition coefficient (Wildman–Crippen LogP) is 2.43. The Kier molecular flexibility index (Phi) is 2.70. The Morgan fingerprint density at radius 3 is 2.73 bits per heavy atom. The fourth-order valence-corrected chi connectivity index (χ4v) is 1.03. The average molecular weight is 187 g/mol. The average Bonchev–Trinajstić information content (AvgIpc) is 2.04. The van der Waals surface area contributed by atoms with Crippen molar-refractivity contribution in [3.05, 3.63) is 29.6 Å². The molecule has 0 bridgehead atoms. The first-order chi connectivity index (χ1) is 5.25. The number of hydrogen-bond donors (Lipinski definition) is 0. The lowest BCUT2D eigenvalue weighted by atomic mass is 10.2. The van der Waals surface area contributed by atoms with E-state index in [1.165, 1.54) is 0 Å². The van der Waals surface area contributed by atoms with Gasteiger partial charge in [-0.25, -0.2) is 0 Å². The van der Waals surface area contributed by atoms with E-state index in [-0.39, 0.29) is 0 Å². The van der Waals surface area contributed by atoms with Gasteiger partial charge in [0.15, 0.2) is 4.84 Å². The number of nitrogens with zero attached hydrogens (tertiary/aromatic N) is 2. The Hall–Kier alpha value is -0.780. The number of pyridine rings is 1. The van der Waals surface area contributed by atoms with E-state index in [1.54, 1.807) is 18.3 Å². The molecule has 1 rings (SSSR count). The highest BCUT2D eigenvalue weighted by Crippen LogP contribution is 2.24. The van der Waals surface area contributed by atoms with Crippen molar-refractivity contribution in [3.63, 3.8) is 0 Å². The van der Waals surface area contributed by atoms with Crippen molar-refractivity contribution in [2.45, 2.75) is 4.84 Å². The first kappa shape index (κ1) is 8.32. The van der Waals surface area contributed by atoms with Crippen molar-refractivity contribution < 1.29 is 0 Å². The number of alkyl halides is 2. The second kappa shape index (κ2) is 3.56. The number of rotatable bonds is 1. The van der Waals surface area contributed by atoms with Gasteiger partial charge >= 0.3 is 0 Å². The van der Waals surface area contributed by atoms with Crippen molar-refractivity contribution in [2.24, 2.45) is 0 Å². The highest BCUT2D eigenvalue weighted by atomic mass is 35.5. The molecular weight excluding hydrogens is 183 g/mol. The first-order valence-corrected chi connectivity index (χ1v) is 3.76. The molecule has 0 aromatic carbocycles. The van der Waals surface area contributed by atoms with Gasteiger partial charge in [0.1, 0.15) is 6.07 Å². The zero-order valence-corrected chi connectivity index (χ0v) is 6.97. The zero-order chi connectivity index (χ0) is 8.27. The van der Waals surface area contributed by atoms with E-state index in [1.807, 2.05) is 6.07 Å². The molecule has 1 heterocycles. The Bertz CT molecular complexity index is 291. The van der Waals surface area contributed by atoms with Crippen molar-refractivity contribution in [3.8, 4) is 6.07 Å². The van der Waals surface area contributed by atoms with Gasteiger partial charge in [-0.1, -0.05) is 23.2 Å². The highest BCUT2D eigenvalue weighted by molar-refractivity contribution is 6.44. The third-order valence-electron chi connectivity index (χ3n) is 1.17. The van der Waals surface area contributed by atoms with Crippen molar-refractivity contribution >= 4 is 23.2 Å². The molecular formula is C7H4Cl2N2. The topological polar surface area (TPSA) is 36.7 Å². The third kappa shape index (κ3) is 1.83. The summed E-state index contributed by atoms with van der Waals surface area (Å²) in [5.74, 6) is 0. The van der Waals surface area contributed by atoms with Crippen LogP contribution in [0.25, 0.3) is 0 Å². The molecule has 0 aliphatic rings. The van der Waals surface area contributed by atoms with Gasteiger partial charge in [0.2, 0.25) is 0 Å². The van der Waals surface area contributed by atoms with E-state index in [9.17, 15) is 0 Å². The minimum atomic E-state index is -0.731. The van der Waals surface area contributed by atoms with Gasteiger partial charge in [0.25, 0.3) is 0 Å². The van der Waals surface area contributed by atoms with Crippen LogP contribution in [0, 0.1) is 11.3 Å². The molecule has 0 radical (unpaired) electrons. The van der Waals surface area contributed by atoms with Crippen LogP contribution in [0.15, 0.2) is 18.3 Å². The highest BCUT2D eigenvalue weighted by Gasteiger charge is 2.09. The maximum atomic E-state index is 8.56. The number of aromatic nitrogens is 1. The van der Waals surface area contributed by atoms with E-state index in [2.05, 4.69) is 4.98 Å². The summed E-state index contributed by atoms with van der Waals surface area (Å²) in [6.07, 6.45) is 1.55. The fraction of sp³-hybridized carbons (Fsp3) is 0.143. The zero-order valence-electron chi connectivity index (χ0n) is 5.46. The van der Waals surface area contributed by atoms with Crippen LogP contribution in [-0.4, -0.2) is 4.98 Å². The quantitative estimate of drug-likeness (QED) is 0.633. The van der Waals surface area contributed by atoms with Crippen molar-refractivity contribution in [2.75, 3.05) is 0 Å². The SMILES string of the molecule is N#Cc1cccnc1C(Cl)Cl. The Balaban J connectivity index is 3.15. The Morgan fingerprint density at radius 1 is 1.55 bits per heavy atom. The van der Waals surface area contributed by atoms with Crippen molar-refractivity contribution in [1.29, 1.82) is 5.26 Å². The maximum Gasteiger partial charge on any atom is 0.150 e. The third-order valence-corrected chi connectivity index (χ3v) is 1.58. The summed E-state index contributed by atoms with van der Waals surface area (Å²) in [5.41, 5.74) is 0.834. The summed E-state index contributed by atoms with van der Waals surface area (Å²) in [6, 6.07) is 5.24. The number of hydrogen-bond acceptors (Lipinski definition) is 2.